The Kier molecular flexibility index (Phi) is 2.45. The molecule has 1 N–H and O–H groups in total. The van der Waals surface area contributed by atoms with Crippen LogP contribution in [0.25, 0.3) is 0 Å². The molecule has 0 aromatic heterocycles. The quantitative estimate of drug-likeness (QED) is 0.606. The summed E-state index contributed by atoms with van der Waals surface area (Å²) in [5, 5.41) is 3.33. The SMILES string of the molecule is CCC1=NC(=S)NC(=S)C1. The Labute approximate surface area is 70.7 Å². The molecule has 1 heterocycles. The van der Waals surface area contributed by atoms with Gasteiger partial charge in [-0.05, 0) is 18.6 Å². The molecule has 0 bridgehead atoms. The summed E-state index contributed by atoms with van der Waals surface area (Å²) in [7, 11) is 0. The van der Waals surface area contributed by atoms with Crippen molar-refractivity contribution in [2.75, 3.05) is 0 Å². The van der Waals surface area contributed by atoms with Crippen molar-refractivity contribution in [2.45, 2.75) is 19.8 Å². The lowest BCUT2D eigenvalue weighted by Crippen LogP contribution is -2.33. The van der Waals surface area contributed by atoms with Crippen molar-refractivity contribution in [3.8, 4) is 0 Å². The second-order valence-electron chi connectivity index (χ2n) is 2.06. The van der Waals surface area contributed by atoms with Gasteiger partial charge in [0.2, 0.25) is 0 Å². The van der Waals surface area contributed by atoms with E-state index in [0.29, 0.717) is 5.11 Å². The Balaban J connectivity index is 2.74. The Hall–Kier alpha value is -0.350. The molecule has 0 radical (unpaired) electrons. The molecule has 10 heavy (non-hydrogen) atoms. The minimum Gasteiger partial charge on any atom is -0.325 e. The standard InChI is InChI=1S/C6H8N2S2/c1-2-4-3-5(9)8-6(10)7-4/h2-3H2,1H3,(H,8,9,10). The molecule has 1 rings (SSSR count). The third kappa shape index (κ3) is 1.82. The Bertz CT molecular complexity index is 208. The van der Waals surface area contributed by atoms with Gasteiger partial charge >= 0.3 is 0 Å². The van der Waals surface area contributed by atoms with Gasteiger partial charge in [0.05, 0.1) is 4.99 Å². The van der Waals surface area contributed by atoms with Crippen molar-refractivity contribution < 1.29 is 0 Å². The first-order valence-electron chi connectivity index (χ1n) is 3.12. The fourth-order valence-electron chi connectivity index (χ4n) is 0.764. The number of nitrogens with one attached hydrogen (secondary N) is 1. The molecule has 0 saturated heterocycles. The summed E-state index contributed by atoms with van der Waals surface area (Å²) in [5.41, 5.74) is 1.08. The molecule has 2 nitrogen and oxygen atoms in total. The number of aliphatic imine (C=N–C) groups is 1. The highest BCUT2D eigenvalue weighted by atomic mass is 32.1. The van der Waals surface area contributed by atoms with Gasteiger partial charge < -0.3 is 5.32 Å². The van der Waals surface area contributed by atoms with Crippen LogP contribution in [0, 0.1) is 0 Å². The van der Waals surface area contributed by atoms with Crippen molar-refractivity contribution in [3.05, 3.63) is 0 Å². The van der Waals surface area contributed by atoms with Crippen molar-refractivity contribution in [1.82, 2.24) is 5.32 Å². The van der Waals surface area contributed by atoms with Crippen molar-refractivity contribution >= 4 is 40.2 Å². The van der Waals surface area contributed by atoms with Gasteiger partial charge in [-0.1, -0.05) is 19.1 Å². The molecule has 4 heteroatoms. The monoisotopic (exact) mass is 172 g/mol. The maximum Gasteiger partial charge on any atom is 0.197 e. The maximum absolute atomic E-state index is 4.95. The van der Waals surface area contributed by atoms with Crippen LogP contribution in [-0.2, 0) is 0 Å². The van der Waals surface area contributed by atoms with Crippen LogP contribution in [0.2, 0.25) is 0 Å². The fourth-order valence-corrected chi connectivity index (χ4v) is 1.34. The highest BCUT2D eigenvalue weighted by molar-refractivity contribution is 7.82. The first kappa shape index (κ1) is 7.75. The summed E-state index contributed by atoms with van der Waals surface area (Å²) < 4.78 is 0. The van der Waals surface area contributed by atoms with Crippen LogP contribution in [0.4, 0.5) is 0 Å². The molecular formula is C6H8N2S2. The summed E-state index contributed by atoms with van der Waals surface area (Å²) >= 11 is 9.79. The third-order valence-corrected chi connectivity index (χ3v) is 1.72. The van der Waals surface area contributed by atoms with Gasteiger partial charge in [0.15, 0.2) is 5.11 Å². The molecule has 0 atom stereocenters. The number of hydrogen-bond acceptors (Lipinski definition) is 2. The molecule has 1 aliphatic rings. The molecule has 0 aromatic carbocycles. The first-order valence-corrected chi connectivity index (χ1v) is 3.94. The summed E-state index contributed by atoms with van der Waals surface area (Å²) in [5.74, 6) is 0. The van der Waals surface area contributed by atoms with Gasteiger partial charge in [0.1, 0.15) is 0 Å². The molecule has 1 aliphatic heterocycles. The number of rotatable bonds is 1. The maximum atomic E-state index is 4.95. The number of nitrogens with zero attached hydrogens (tertiary/aromatic N) is 1. The second kappa shape index (κ2) is 3.16. The molecule has 0 fully saturated rings. The predicted molar refractivity (Wildman–Crippen MR) is 50.7 cm³/mol. The Morgan fingerprint density at radius 1 is 1.60 bits per heavy atom. The molecule has 0 unspecified atom stereocenters. The lowest BCUT2D eigenvalue weighted by molar-refractivity contribution is 1.18. The van der Waals surface area contributed by atoms with E-state index in [1.807, 2.05) is 0 Å². The van der Waals surface area contributed by atoms with Crippen LogP contribution in [-0.4, -0.2) is 15.8 Å². The van der Waals surface area contributed by atoms with Crippen LogP contribution >= 0.6 is 24.4 Å². The minimum absolute atomic E-state index is 0.508. The lowest BCUT2D eigenvalue weighted by Gasteiger charge is -2.13. The van der Waals surface area contributed by atoms with E-state index < -0.39 is 0 Å². The van der Waals surface area contributed by atoms with Crippen molar-refractivity contribution in [2.24, 2.45) is 4.99 Å². The molecule has 54 valence electrons. The van der Waals surface area contributed by atoms with Crippen LogP contribution < -0.4 is 5.32 Å². The van der Waals surface area contributed by atoms with Crippen molar-refractivity contribution in [3.63, 3.8) is 0 Å². The van der Waals surface area contributed by atoms with Crippen LogP contribution in [0.15, 0.2) is 4.99 Å². The molecular weight excluding hydrogens is 164 g/mol. The largest absolute Gasteiger partial charge is 0.325 e. The van der Waals surface area contributed by atoms with Gasteiger partial charge in [0.25, 0.3) is 0 Å². The third-order valence-electron chi connectivity index (χ3n) is 1.28. The van der Waals surface area contributed by atoms with E-state index in [2.05, 4.69) is 17.2 Å². The normalized spacial score (nSPS) is 18.3. The van der Waals surface area contributed by atoms with Crippen LogP contribution in [0.1, 0.15) is 19.8 Å². The first-order chi connectivity index (χ1) is 4.72. The Morgan fingerprint density at radius 2 is 2.30 bits per heavy atom. The summed E-state index contributed by atoms with van der Waals surface area (Å²) in [6.45, 7) is 2.05. The van der Waals surface area contributed by atoms with Gasteiger partial charge in [-0.2, -0.15) is 0 Å². The zero-order valence-corrected chi connectivity index (χ0v) is 7.31. The molecule has 0 aliphatic carbocycles. The van der Waals surface area contributed by atoms with E-state index in [-0.39, 0.29) is 0 Å². The molecule has 0 spiro atoms. The highest BCUT2D eigenvalue weighted by Gasteiger charge is 2.09. The van der Waals surface area contributed by atoms with E-state index >= 15 is 0 Å². The van der Waals surface area contributed by atoms with E-state index in [1.165, 1.54) is 0 Å². The zero-order valence-electron chi connectivity index (χ0n) is 5.68. The summed E-state index contributed by atoms with van der Waals surface area (Å²) in [4.78, 5) is 4.89. The summed E-state index contributed by atoms with van der Waals surface area (Å²) in [6.07, 6.45) is 1.70. The van der Waals surface area contributed by atoms with E-state index in [0.717, 1.165) is 23.5 Å². The average Bonchev–Trinajstić information content (AvgIpc) is 1.85. The predicted octanol–water partition coefficient (Wildman–Crippen LogP) is 1.44. The van der Waals surface area contributed by atoms with E-state index in [9.17, 15) is 0 Å². The van der Waals surface area contributed by atoms with E-state index in [1.54, 1.807) is 0 Å². The molecule has 0 saturated carbocycles. The highest BCUT2D eigenvalue weighted by Crippen LogP contribution is 2.00. The van der Waals surface area contributed by atoms with E-state index in [4.69, 9.17) is 24.4 Å². The van der Waals surface area contributed by atoms with Gasteiger partial charge in [0, 0.05) is 12.1 Å². The smallest absolute Gasteiger partial charge is 0.197 e. The number of thiocarbonyl (C=S) groups is 2. The lowest BCUT2D eigenvalue weighted by atomic mass is 10.2. The van der Waals surface area contributed by atoms with Crippen molar-refractivity contribution in [1.29, 1.82) is 0 Å². The van der Waals surface area contributed by atoms with Gasteiger partial charge in [-0.25, -0.2) is 4.99 Å². The van der Waals surface area contributed by atoms with Crippen LogP contribution in [0.5, 0.6) is 0 Å². The zero-order chi connectivity index (χ0) is 7.56. The average molecular weight is 172 g/mol. The fraction of sp³-hybridized carbons (Fsp3) is 0.500. The topological polar surface area (TPSA) is 24.4 Å². The second-order valence-corrected chi connectivity index (χ2v) is 2.94. The minimum atomic E-state index is 0.508. The molecule has 0 aromatic rings. The molecule has 0 amide bonds. The van der Waals surface area contributed by atoms with Crippen LogP contribution in [0.3, 0.4) is 0 Å². The van der Waals surface area contributed by atoms with Gasteiger partial charge in [-0.3, -0.25) is 0 Å². The summed E-state index contributed by atoms with van der Waals surface area (Å²) in [6, 6.07) is 0. The van der Waals surface area contributed by atoms with Gasteiger partial charge in [-0.15, -0.1) is 0 Å². The number of hydrogen-bond donors (Lipinski definition) is 1. The Morgan fingerprint density at radius 3 is 2.80 bits per heavy atom.